The molecule has 3 aromatic rings. The van der Waals surface area contributed by atoms with E-state index in [0.29, 0.717) is 35.2 Å². The van der Waals surface area contributed by atoms with Crippen molar-refractivity contribution >= 4 is 32.6 Å². The molecule has 0 saturated heterocycles. The van der Waals surface area contributed by atoms with Crippen molar-refractivity contribution in [2.75, 3.05) is 26.6 Å². The first-order valence-corrected chi connectivity index (χ1v) is 8.90. The van der Waals surface area contributed by atoms with Gasteiger partial charge in [0.2, 0.25) is 11.7 Å². The van der Waals surface area contributed by atoms with Crippen LogP contribution < -0.4 is 19.5 Å². The van der Waals surface area contributed by atoms with Gasteiger partial charge in [0.15, 0.2) is 16.6 Å². The third-order valence-electron chi connectivity index (χ3n) is 3.91. The van der Waals surface area contributed by atoms with Gasteiger partial charge in [-0.15, -0.1) is 0 Å². The maximum atomic E-state index is 12.3. The Labute approximate surface area is 155 Å². The van der Waals surface area contributed by atoms with Gasteiger partial charge < -0.3 is 19.5 Å². The van der Waals surface area contributed by atoms with Crippen LogP contribution in [0.3, 0.4) is 0 Å². The topological polar surface area (TPSA) is 69.7 Å². The molecule has 0 radical (unpaired) electrons. The third-order valence-corrected chi connectivity index (χ3v) is 4.86. The highest BCUT2D eigenvalue weighted by molar-refractivity contribution is 7.22. The molecule has 0 unspecified atom stereocenters. The molecule has 1 aromatic heterocycles. The summed E-state index contributed by atoms with van der Waals surface area (Å²) in [4.78, 5) is 16.7. The minimum absolute atomic E-state index is 0.0854. The lowest BCUT2D eigenvalue weighted by atomic mass is 10.1. The molecule has 136 valence electrons. The van der Waals surface area contributed by atoms with Crippen LogP contribution in [0.15, 0.2) is 36.4 Å². The van der Waals surface area contributed by atoms with Crippen LogP contribution in [0, 0.1) is 0 Å². The lowest BCUT2D eigenvalue weighted by Gasteiger charge is -2.14. The van der Waals surface area contributed by atoms with Gasteiger partial charge in [-0.05, 0) is 36.2 Å². The molecule has 0 aliphatic rings. The van der Waals surface area contributed by atoms with E-state index in [0.717, 1.165) is 15.8 Å². The van der Waals surface area contributed by atoms with Gasteiger partial charge in [0.05, 0.1) is 31.5 Å². The highest BCUT2D eigenvalue weighted by atomic mass is 32.1. The molecule has 3 rings (SSSR count). The van der Waals surface area contributed by atoms with E-state index >= 15 is 0 Å². The summed E-state index contributed by atoms with van der Waals surface area (Å²) in [5.41, 5.74) is 1.82. The predicted octanol–water partition coefficient (Wildman–Crippen LogP) is 3.89. The van der Waals surface area contributed by atoms with Gasteiger partial charge in [-0.3, -0.25) is 4.79 Å². The average Bonchev–Trinajstić information content (AvgIpc) is 3.07. The number of aromatic nitrogens is 1. The highest BCUT2D eigenvalue weighted by Crippen LogP contribution is 2.38. The van der Waals surface area contributed by atoms with Crippen molar-refractivity contribution in [1.29, 1.82) is 0 Å². The van der Waals surface area contributed by atoms with Crippen LogP contribution in [-0.2, 0) is 11.2 Å². The SMILES string of the molecule is COc1cc(CCC(=O)Nc2nc3ccccc3s2)cc(OC)c1OC. The van der Waals surface area contributed by atoms with E-state index in [4.69, 9.17) is 14.2 Å². The number of benzene rings is 2. The molecule has 0 atom stereocenters. The fraction of sp³-hybridized carbons (Fsp3) is 0.263. The molecular formula is C19H20N2O4S. The van der Waals surface area contributed by atoms with E-state index < -0.39 is 0 Å². The second-order valence-electron chi connectivity index (χ2n) is 5.57. The molecule has 6 nitrogen and oxygen atoms in total. The molecule has 0 saturated carbocycles. The number of thiazole rings is 1. The molecule has 1 N–H and O–H groups in total. The number of nitrogens with one attached hydrogen (secondary N) is 1. The fourth-order valence-corrected chi connectivity index (χ4v) is 3.53. The number of anilines is 1. The Bertz CT molecular complexity index is 865. The summed E-state index contributed by atoms with van der Waals surface area (Å²) in [6.07, 6.45) is 0.877. The Balaban J connectivity index is 1.67. The quantitative estimate of drug-likeness (QED) is 0.681. The fourth-order valence-electron chi connectivity index (χ4n) is 2.65. The zero-order valence-corrected chi connectivity index (χ0v) is 15.7. The van der Waals surface area contributed by atoms with Gasteiger partial charge in [0, 0.05) is 6.42 Å². The molecular weight excluding hydrogens is 352 g/mol. The average molecular weight is 372 g/mol. The maximum absolute atomic E-state index is 12.3. The van der Waals surface area contributed by atoms with Crippen LogP contribution in [0.5, 0.6) is 17.2 Å². The van der Waals surface area contributed by atoms with Crippen LogP contribution in [0.25, 0.3) is 10.2 Å². The molecule has 2 aromatic carbocycles. The minimum atomic E-state index is -0.0854. The molecule has 26 heavy (non-hydrogen) atoms. The van der Waals surface area contributed by atoms with Crippen LogP contribution in [-0.4, -0.2) is 32.2 Å². The number of fused-ring (bicyclic) bond motifs is 1. The van der Waals surface area contributed by atoms with Gasteiger partial charge in [-0.25, -0.2) is 4.98 Å². The van der Waals surface area contributed by atoms with Gasteiger partial charge in [-0.1, -0.05) is 23.5 Å². The van der Waals surface area contributed by atoms with E-state index in [1.807, 2.05) is 36.4 Å². The second kappa shape index (κ2) is 8.05. The monoisotopic (exact) mass is 372 g/mol. The number of nitrogens with zero attached hydrogens (tertiary/aromatic N) is 1. The summed E-state index contributed by atoms with van der Waals surface area (Å²) in [6.45, 7) is 0. The summed E-state index contributed by atoms with van der Waals surface area (Å²) in [5, 5.41) is 3.47. The maximum Gasteiger partial charge on any atom is 0.226 e. The number of hydrogen-bond donors (Lipinski definition) is 1. The Kier molecular flexibility index (Phi) is 5.58. The van der Waals surface area contributed by atoms with Gasteiger partial charge in [0.1, 0.15) is 0 Å². The summed E-state index contributed by atoms with van der Waals surface area (Å²) in [7, 11) is 4.70. The number of aryl methyl sites for hydroxylation is 1. The largest absolute Gasteiger partial charge is 0.493 e. The van der Waals surface area contributed by atoms with Crippen molar-refractivity contribution in [1.82, 2.24) is 4.98 Å². The van der Waals surface area contributed by atoms with Crippen molar-refractivity contribution in [2.24, 2.45) is 0 Å². The van der Waals surface area contributed by atoms with E-state index in [9.17, 15) is 4.79 Å². The normalized spacial score (nSPS) is 10.6. The Hall–Kier alpha value is -2.80. The summed E-state index contributed by atoms with van der Waals surface area (Å²) in [5.74, 6) is 1.61. The minimum Gasteiger partial charge on any atom is -0.493 e. The number of ether oxygens (including phenoxy) is 3. The van der Waals surface area contributed by atoms with Crippen molar-refractivity contribution in [3.8, 4) is 17.2 Å². The van der Waals surface area contributed by atoms with E-state index in [2.05, 4.69) is 10.3 Å². The van der Waals surface area contributed by atoms with Gasteiger partial charge >= 0.3 is 0 Å². The van der Waals surface area contributed by atoms with E-state index in [1.54, 1.807) is 21.3 Å². The highest BCUT2D eigenvalue weighted by Gasteiger charge is 2.14. The number of para-hydroxylation sites is 1. The summed E-state index contributed by atoms with van der Waals surface area (Å²) < 4.78 is 17.0. The molecule has 0 aliphatic heterocycles. The first kappa shape index (κ1) is 18.0. The Morgan fingerprint density at radius 2 is 1.77 bits per heavy atom. The summed E-state index contributed by atoms with van der Waals surface area (Å²) in [6, 6.07) is 11.5. The Morgan fingerprint density at radius 3 is 2.38 bits per heavy atom. The van der Waals surface area contributed by atoms with Crippen molar-refractivity contribution in [2.45, 2.75) is 12.8 Å². The van der Waals surface area contributed by atoms with Gasteiger partial charge in [-0.2, -0.15) is 0 Å². The summed E-state index contributed by atoms with van der Waals surface area (Å²) >= 11 is 1.46. The predicted molar refractivity (Wildman–Crippen MR) is 103 cm³/mol. The van der Waals surface area contributed by atoms with Crippen molar-refractivity contribution in [3.05, 3.63) is 42.0 Å². The standard InChI is InChI=1S/C19H20N2O4S/c1-23-14-10-12(11-15(24-2)18(14)25-3)8-9-17(22)21-19-20-13-6-4-5-7-16(13)26-19/h4-7,10-11H,8-9H2,1-3H3,(H,20,21,22). The van der Waals surface area contributed by atoms with Crippen molar-refractivity contribution < 1.29 is 19.0 Å². The molecule has 7 heteroatoms. The number of methoxy groups -OCH3 is 3. The molecule has 1 heterocycles. The van der Waals surface area contributed by atoms with E-state index in [1.165, 1.54) is 11.3 Å². The molecule has 0 aliphatic carbocycles. The van der Waals surface area contributed by atoms with Crippen LogP contribution in [0.2, 0.25) is 0 Å². The lowest BCUT2D eigenvalue weighted by Crippen LogP contribution is -2.12. The molecule has 0 bridgehead atoms. The number of amides is 1. The first-order chi connectivity index (χ1) is 12.6. The number of hydrogen-bond acceptors (Lipinski definition) is 6. The van der Waals surface area contributed by atoms with Crippen LogP contribution in [0.1, 0.15) is 12.0 Å². The first-order valence-electron chi connectivity index (χ1n) is 8.09. The third kappa shape index (κ3) is 3.88. The van der Waals surface area contributed by atoms with E-state index in [-0.39, 0.29) is 5.91 Å². The smallest absolute Gasteiger partial charge is 0.226 e. The molecule has 0 fully saturated rings. The molecule has 0 spiro atoms. The number of rotatable bonds is 7. The Morgan fingerprint density at radius 1 is 1.08 bits per heavy atom. The number of carbonyl (C=O) groups excluding carboxylic acids is 1. The van der Waals surface area contributed by atoms with Gasteiger partial charge in [0.25, 0.3) is 0 Å². The molecule has 1 amide bonds. The van der Waals surface area contributed by atoms with Crippen LogP contribution in [0.4, 0.5) is 5.13 Å². The van der Waals surface area contributed by atoms with Crippen LogP contribution >= 0.6 is 11.3 Å². The lowest BCUT2D eigenvalue weighted by molar-refractivity contribution is -0.116. The zero-order valence-electron chi connectivity index (χ0n) is 14.9. The van der Waals surface area contributed by atoms with Crippen molar-refractivity contribution in [3.63, 3.8) is 0 Å². The second-order valence-corrected chi connectivity index (χ2v) is 6.60. The zero-order chi connectivity index (χ0) is 18.5. The number of carbonyl (C=O) groups is 1.